The first kappa shape index (κ1) is 18.2. The lowest BCUT2D eigenvalue weighted by atomic mass is 10.2. The Labute approximate surface area is 164 Å². The lowest BCUT2D eigenvalue weighted by Crippen LogP contribution is -2.47. The summed E-state index contributed by atoms with van der Waals surface area (Å²) in [6.45, 7) is 5.78. The van der Waals surface area contributed by atoms with E-state index in [1.807, 2.05) is 43.3 Å². The Morgan fingerprint density at radius 2 is 1.57 bits per heavy atom. The number of nitrogens with one attached hydrogen (secondary N) is 1. The van der Waals surface area contributed by atoms with Gasteiger partial charge in [-0.05, 0) is 24.6 Å². The summed E-state index contributed by atoms with van der Waals surface area (Å²) >= 11 is 0. The number of rotatable bonds is 5. The van der Waals surface area contributed by atoms with Gasteiger partial charge in [-0.3, -0.25) is 0 Å². The van der Waals surface area contributed by atoms with Crippen LogP contribution < -0.4 is 15.1 Å². The van der Waals surface area contributed by atoms with Crippen molar-refractivity contribution in [3.05, 3.63) is 77.7 Å². The SMILES string of the molecule is Cc1cc(N2CCN(c3ccccc3F)CC2)nc(NCc2ccccc2)n1. The smallest absolute Gasteiger partial charge is 0.225 e. The molecule has 4 rings (SSSR count). The molecule has 2 aromatic carbocycles. The van der Waals surface area contributed by atoms with Gasteiger partial charge in [-0.15, -0.1) is 0 Å². The normalized spacial score (nSPS) is 14.2. The largest absolute Gasteiger partial charge is 0.366 e. The van der Waals surface area contributed by atoms with Crippen LogP contribution in [0.15, 0.2) is 60.7 Å². The van der Waals surface area contributed by atoms with Crippen molar-refractivity contribution in [3.63, 3.8) is 0 Å². The third-order valence-electron chi connectivity index (χ3n) is 4.93. The molecule has 0 amide bonds. The topological polar surface area (TPSA) is 44.3 Å². The molecule has 6 heteroatoms. The molecule has 0 saturated carbocycles. The minimum Gasteiger partial charge on any atom is -0.366 e. The Morgan fingerprint density at radius 1 is 0.893 bits per heavy atom. The molecule has 5 nitrogen and oxygen atoms in total. The number of hydrogen-bond donors (Lipinski definition) is 1. The molecule has 1 aliphatic rings. The molecule has 28 heavy (non-hydrogen) atoms. The summed E-state index contributed by atoms with van der Waals surface area (Å²) in [4.78, 5) is 13.5. The number of piperazine rings is 1. The molecule has 1 fully saturated rings. The van der Waals surface area contributed by atoms with Gasteiger partial charge in [-0.1, -0.05) is 42.5 Å². The summed E-state index contributed by atoms with van der Waals surface area (Å²) in [5.74, 6) is 1.38. The van der Waals surface area contributed by atoms with Crippen LogP contribution in [0.25, 0.3) is 0 Å². The van der Waals surface area contributed by atoms with Gasteiger partial charge in [0, 0.05) is 44.5 Å². The molecule has 3 aromatic rings. The summed E-state index contributed by atoms with van der Waals surface area (Å²) in [6, 6.07) is 19.2. The van der Waals surface area contributed by atoms with Crippen LogP contribution in [-0.4, -0.2) is 36.1 Å². The van der Waals surface area contributed by atoms with E-state index in [1.54, 1.807) is 6.07 Å². The molecular weight excluding hydrogens is 353 g/mol. The molecule has 0 unspecified atom stereocenters. The zero-order valence-electron chi connectivity index (χ0n) is 16.0. The molecular formula is C22H24FN5. The summed E-state index contributed by atoms with van der Waals surface area (Å²) in [5.41, 5.74) is 2.79. The maximum absolute atomic E-state index is 14.0. The highest BCUT2D eigenvalue weighted by Gasteiger charge is 2.20. The predicted octanol–water partition coefficient (Wildman–Crippen LogP) is 3.86. The Balaban J connectivity index is 1.42. The third kappa shape index (κ3) is 4.22. The maximum atomic E-state index is 14.0. The molecule has 1 aromatic heterocycles. The van der Waals surface area contributed by atoms with Gasteiger partial charge in [0.1, 0.15) is 11.6 Å². The lowest BCUT2D eigenvalue weighted by molar-refractivity contribution is 0.596. The van der Waals surface area contributed by atoms with Gasteiger partial charge in [0.25, 0.3) is 0 Å². The van der Waals surface area contributed by atoms with Gasteiger partial charge in [-0.2, -0.15) is 4.98 Å². The Hall–Kier alpha value is -3.15. The van der Waals surface area contributed by atoms with Crippen LogP contribution in [-0.2, 0) is 6.54 Å². The molecule has 1 N–H and O–H groups in total. The first-order valence-electron chi connectivity index (χ1n) is 9.57. The van der Waals surface area contributed by atoms with Crippen molar-refractivity contribution in [2.75, 3.05) is 41.3 Å². The first-order valence-corrected chi connectivity index (χ1v) is 9.57. The van der Waals surface area contributed by atoms with Crippen LogP contribution in [0.4, 0.5) is 21.8 Å². The minimum absolute atomic E-state index is 0.166. The van der Waals surface area contributed by atoms with Crippen LogP contribution in [0.3, 0.4) is 0 Å². The monoisotopic (exact) mass is 377 g/mol. The van der Waals surface area contributed by atoms with E-state index in [0.29, 0.717) is 18.2 Å². The van der Waals surface area contributed by atoms with Crippen molar-refractivity contribution in [2.24, 2.45) is 0 Å². The molecule has 2 heterocycles. The van der Waals surface area contributed by atoms with Gasteiger partial charge in [0.15, 0.2) is 0 Å². The van der Waals surface area contributed by atoms with Crippen molar-refractivity contribution in [2.45, 2.75) is 13.5 Å². The highest BCUT2D eigenvalue weighted by Crippen LogP contribution is 2.23. The number of hydrogen-bond acceptors (Lipinski definition) is 5. The summed E-state index contributed by atoms with van der Waals surface area (Å²) < 4.78 is 14.0. The van der Waals surface area contributed by atoms with E-state index in [4.69, 9.17) is 4.98 Å². The quantitative estimate of drug-likeness (QED) is 0.731. The summed E-state index contributed by atoms with van der Waals surface area (Å²) in [5, 5.41) is 3.31. The Bertz CT molecular complexity index is 923. The lowest BCUT2D eigenvalue weighted by Gasteiger charge is -2.37. The van der Waals surface area contributed by atoms with Gasteiger partial charge >= 0.3 is 0 Å². The van der Waals surface area contributed by atoms with E-state index in [0.717, 1.165) is 37.7 Å². The molecule has 1 aliphatic heterocycles. The zero-order valence-corrected chi connectivity index (χ0v) is 16.0. The van der Waals surface area contributed by atoms with Gasteiger partial charge < -0.3 is 15.1 Å². The summed E-state index contributed by atoms with van der Waals surface area (Å²) in [6.07, 6.45) is 0. The molecule has 0 radical (unpaired) electrons. The second-order valence-corrected chi connectivity index (χ2v) is 6.96. The number of para-hydroxylation sites is 1. The number of benzene rings is 2. The molecule has 0 bridgehead atoms. The highest BCUT2D eigenvalue weighted by atomic mass is 19.1. The van der Waals surface area contributed by atoms with Crippen molar-refractivity contribution in [1.29, 1.82) is 0 Å². The number of halogens is 1. The van der Waals surface area contributed by atoms with E-state index in [1.165, 1.54) is 11.6 Å². The predicted molar refractivity (Wildman–Crippen MR) is 111 cm³/mol. The average molecular weight is 377 g/mol. The van der Waals surface area contributed by atoms with E-state index in [2.05, 4.69) is 32.2 Å². The van der Waals surface area contributed by atoms with Crippen LogP contribution in [0.5, 0.6) is 0 Å². The molecule has 0 spiro atoms. The second-order valence-electron chi connectivity index (χ2n) is 6.96. The van der Waals surface area contributed by atoms with Gasteiger partial charge in [0.2, 0.25) is 5.95 Å². The van der Waals surface area contributed by atoms with E-state index in [-0.39, 0.29) is 5.82 Å². The van der Waals surface area contributed by atoms with Gasteiger partial charge in [-0.25, -0.2) is 9.37 Å². The number of aryl methyl sites for hydroxylation is 1. The fourth-order valence-electron chi connectivity index (χ4n) is 3.45. The van der Waals surface area contributed by atoms with Crippen molar-refractivity contribution in [1.82, 2.24) is 9.97 Å². The van der Waals surface area contributed by atoms with E-state index < -0.39 is 0 Å². The van der Waals surface area contributed by atoms with Crippen LogP contribution in [0.2, 0.25) is 0 Å². The van der Waals surface area contributed by atoms with E-state index in [9.17, 15) is 4.39 Å². The second kappa shape index (κ2) is 8.25. The fourth-order valence-corrected chi connectivity index (χ4v) is 3.45. The van der Waals surface area contributed by atoms with E-state index >= 15 is 0 Å². The molecule has 0 aliphatic carbocycles. The Kier molecular flexibility index (Phi) is 5.37. The summed E-state index contributed by atoms with van der Waals surface area (Å²) in [7, 11) is 0. The van der Waals surface area contributed by atoms with Crippen molar-refractivity contribution < 1.29 is 4.39 Å². The molecule has 0 atom stereocenters. The number of anilines is 3. The van der Waals surface area contributed by atoms with Crippen LogP contribution in [0, 0.1) is 12.7 Å². The number of nitrogens with zero attached hydrogens (tertiary/aromatic N) is 4. The van der Waals surface area contributed by atoms with Crippen molar-refractivity contribution >= 4 is 17.5 Å². The number of aromatic nitrogens is 2. The van der Waals surface area contributed by atoms with Crippen LogP contribution >= 0.6 is 0 Å². The average Bonchev–Trinajstić information content (AvgIpc) is 2.73. The molecule has 1 saturated heterocycles. The van der Waals surface area contributed by atoms with Crippen LogP contribution in [0.1, 0.15) is 11.3 Å². The fraction of sp³-hybridized carbons (Fsp3) is 0.273. The first-order chi connectivity index (χ1) is 13.7. The Morgan fingerprint density at radius 3 is 2.32 bits per heavy atom. The standard InChI is InChI=1S/C22H24FN5/c1-17-15-21(26-22(25-17)24-16-18-7-3-2-4-8-18)28-13-11-27(12-14-28)20-10-6-5-9-19(20)23/h2-10,15H,11-14,16H2,1H3,(H,24,25,26). The van der Waals surface area contributed by atoms with Gasteiger partial charge in [0.05, 0.1) is 5.69 Å². The minimum atomic E-state index is -0.166. The van der Waals surface area contributed by atoms with Crippen molar-refractivity contribution in [3.8, 4) is 0 Å². The maximum Gasteiger partial charge on any atom is 0.225 e. The zero-order chi connectivity index (χ0) is 19.3. The highest BCUT2D eigenvalue weighted by molar-refractivity contribution is 5.51. The third-order valence-corrected chi connectivity index (χ3v) is 4.93. The molecule has 144 valence electrons.